The summed E-state index contributed by atoms with van der Waals surface area (Å²) in [5, 5.41) is 45.5. The van der Waals surface area contributed by atoms with Gasteiger partial charge >= 0.3 is 0 Å². The molecule has 5 N–H and O–H groups in total. The molecule has 2 aliphatic heterocycles. The molecule has 0 aliphatic carbocycles. The van der Waals surface area contributed by atoms with E-state index in [2.05, 4.69) is 45.3 Å². The van der Waals surface area contributed by atoms with Crippen LogP contribution < -0.4 is 10.0 Å². The summed E-state index contributed by atoms with van der Waals surface area (Å²) in [5.41, 5.74) is 2.03. The first-order valence-electron chi connectivity index (χ1n) is 14.1. The van der Waals surface area contributed by atoms with Crippen molar-refractivity contribution in [2.45, 2.75) is 31.5 Å². The quantitative estimate of drug-likeness (QED) is 0.210. The number of nitrogens with one attached hydrogen (secondary N) is 2. The first-order valence-corrected chi connectivity index (χ1v) is 16.4. The Balaban J connectivity index is 1.23. The number of hydrogen-bond acceptors (Lipinski definition) is 11. The first-order chi connectivity index (χ1) is 20.6. The molecule has 230 valence electrons. The van der Waals surface area contributed by atoms with E-state index in [0.29, 0.717) is 4.88 Å². The largest absolute Gasteiger partial charge is 0.390 e. The van der Waals surface area contributed by atoms with Crippen LogP contribution in [0.15, 0.2) is 53.4 Å². The highest BCUT2D eigenvalue weighted by Crippen LogP contribution is 2.33. The summed E-state index contributed by atoms with van der Waals surface area (Å²) in [6.45, 7) is 6.40. The van der Waals surface area contributed by atoms with Crippen molar-refractivity contribution in [2.75, 3.05) is 51.3 Å². The molecule has 2 aromatic carbocycles. The Kier molecular flexibility index (Phi) is 10.1. The summed E-state index contributed by atoms with van der Waals surface area (Å²) in [7, 11) is -4.26. The van der Waals surface area contributed by atoms with Gasteiger partial charge in [-0.25, -0.2) is 13.1 Å². The van der Waals surface area contributed by atoms with E-state index in [9.17, 15) is 29.0 Å². The second-order valence-electron chi connectivity index (χ2n) is 10.7. The van der Waals surface area contributed by atoms with E-state index >= 15 is 0 Å². The molecule has 0 radical (unpaired) electrons. The summed E-state index contributed by atoms with van der Waals surface area (Å²) in [6.07, 6.45) is -3.94. The molecule has 3 aromatic rings. The third-order valence-corrected chi connectivity index (χ3v) is 10.2. The summed E-state index contributed by atoms with van der Waals surface area (Å²) in [5.74, 6) is -0.738. The van der Waals surface area contributed by atoms with Crippen LogP contribution in [0.25, 0.3) is 27.3 Å². The number of benzene rings is 2. The lowest BCUT2D eigenvalue weighted by Gasteiger charge is -2.39. The fourth-order valence-corrected chi connectivity index (χ4v) is 7.06. The molecule has 0 spiro atoms. The van der Waals surface area contributed by atoms with Crippen LogP contribution >= 0.6 is 11.3 Å². The summed E-state index contributed by atoms with van der Waals surface area (Å²) >= 11 is 1.35. The minimum Gasteiger partial charge on any atom is -0.390 e. The van der Waals surface area contributed by atoms with E-state index in [4.69, 9.17) is 9.47 Å². The van der Waals surface area contributed by atoms with Crippen molar-refractivity contribution in [3.8, 4) is 16.5 Å². The number of morpholine rings is 1. The molecular formula is C30H36N4O7S2. The molecular weight excluding hydrogens is 592 g/mol. The zero-order chi connectivity index (χ0) is 30.6. The zero-order valence-electron chi connectivity index (χ0n) is 23.7. The molecule has 11 nitrogen and oxygen atoms in total. The van der Waals surface area contributed by atoms with Crippen molar-refractivity contribution in [1.82, 2.24) is 9.62 Å². The van der Waals surface area contributed by atoms with Crippen LogP contribution in [0.2, 0.25) is 0 Å². The van der Waals surface area contributed by atoms with E-state index in [1.807, 2.05) is 12.1 Å². The van der Waals surface area contributed by atoms with Gasteiger partial charge in [-0.05, 0) is 52.7 Å². The second-order valence-corrected chi connectivity index (χ2v) is 13.6. The number of thiophene rings is 1. The van der Waals surface area contributed by atoms with Gasteiger partial charge in [0.05, 0.1) is 19.3 Å². The Morgan fingerprint density at radius 3 is 2.60 bits per heavy atom. The molecule has 0 amide bonds. The molecule has 5 atom stereocenters. The molecule has 5 rings (SSSR count). The normalized spacial score (nSPS) is 25.5. The van der Waals surface area contributed by atoms with Gasteiger partial charge in [-0.2, -0.15) is 5.26 Å². The third-order valence-electron chi connectivity index (χ3n) is 7.79. The number of rotatable bonds is 10. The summed E-state index contributed by atoms with van der Waals surface area (Å²) < 4.78 is 38.6. The van der Waals surface area contributed by atoms with Crippen LogP contribution in [-0.2, 0) is 19.5 Å². The Bertz CT molecular complexity index is 1600. The predicted octanol–water partition coefficient (Wildman–Crippen LogP) is 2.17. The Labute approximate surface area is 255 Å². The molecule has 0 bridgehead atoms. The van der Waals surface area contributed by atoms with Crippen molar-refractivity contribution < 1.29 is 33.2 Å². The molecule has 2 aliphatic rings. The van der Waals surface area contributed by atoms with Gasteiger partial charge in [-0.3, -0.25) is 4.90 Å². The topological polar surface area (TPSA) is 164 Å². The van der Waals surface area contributed by atoms with Crippen LogP contribution in [0.1, 0.15) is 11.8 Å². The van der Waals surface area contributed by atoms with Gasteiger partial charge in [0.2, 0.25) is 0 Å². The molecule has 0 saturated carbocycles. The molecule has 2 saturated heterocycles. The smallest absolute Gasteiger partial charge is 0.250 e. The number of fused-ring (bicyclic) bond motifs is 1. The molecule has 2 unspecified atom stereocenters. The number of hydrogen-bond donors (Lipinski definition) is 5. The maximum Gasteiger partial charge on any atom is 0.250 e. The maximum absolute atomic E-state index is 12.9. The van der Waals surface area contributed by atoms with Crippen LogP contribution in [0.5, 0.6) is 0 Å². The number of allylic oxidation sites excluding steroid dienone is 1. The van der Waals surface area contributed by atoms with Gasteiger partial charge in [0.25, 0.3) is 10.0 Å². The highest BCUT2D eigenvalue weighted by atomic mass is 32.2. The van der Waals surface area contributed by atoms with Crippen LogP contribution in [-0.4, -0.2) is 99.2 Å². The van der Waals surface area contributed by atoms with Crippen LogP contribution in [0.4, 0.5) is 5.69 Å². The summed E-state index contributed by atoms with van der Waals surface area (Å²) in [4.78, 5) is 3.37. The minimum atomic E-state index is -4.26. The molecule has 1 aromatic heterocycles. The SMILES string of the molecule is C[C@H]1C(O)OC(CNS(=O)(=O)/C(C#N)=C/c2ccc(-c3ccc4cc(NCCN5CCOCC5)ccc4c3)s2)[C@@H](O)[C@@H]1O. The average Bonchev–Trinajstić information content (AvgIpc) is 3.49. The average molecular weight is 629 g/mol. The van der Waals surface area contributed by atoms with Crippen LogP contribution in [0.3, 0.4) is 0 Å². The van der Waals surface area contributed by atoms with Gasteiger partial charge in [-0.15, -0.1) is 11.3 Å². The Morgan fingerprint density at radius 1 is 1.09 bits per heavy atom. The number of nitrogens with zero attached hydrogens (tertiary/aromatic N) is 2. The summed E-state index contributed by atoms with van der Waals surface area (Å²) in [6, 6.07) is 17.8. The van der Waals surface area contributed by atoms with Gasteiger partial charge in [-0.1, -0.05) is 25.1 Å². The minimum absolute atomic E-state index is 0.429. The number of ether oxygens (including phenoxy) is 2. The third kappa shape index (κ3) is 7.61. The fraction of sp³-hybridized carbons (Fsp3) is 0.433. The fourth-order valence-electron chi connectivity index (χ4n) is 5.10. The highest BCUT2D eigenvalue weighted by Gasteiger charge is 2.41. The van der Waals surface area contributed by atoms with Crippen molar-refractivity contribution in [2.24, 2.45) is 5.92 Å². The monoisotopic (exact) mass is 628 g/mol. The van der Waals surface area contributed by atoms with Crippen molar-refractivity contribution in [3.63, 3.8) is 0 Å². The molecule has 13 heteroatoms. The van der Waals surface area contributed by atoms with Gasteiger partial charge in [0.1, 0.15) is 18.3 Å². The highest BCUT2D eigenvalue weighted by molar-refractivity contribution is 7.93. The number of sulfonamides is 1. The van der Waals surface area contributed by atoms with Crippen molar-refractivity contribution in [3.05, 3.63) is 58.3 Å². The maximum atomic E-state index is 12.9. The second kappa shape index (κ2) is 13.8. The first kappa shape index (κ1) is 31.5. The number of aliphatic hydroxyl groups excluding tert-OH is 3. The Morgan fingerprint density at radius 2 is 1.84 bits per heavy atom. The zero-order valence-corrected chi connectivity index (χ0v) is 25.4. The lowest BCUT2D eigenvalue weighted by Crippen LogP contribution is -2.56. The number of aliphatic hydroxyl groups is 3. The molecule has 3 heterocycles. The van der Waals surface area contributed by atoms with E-state index < -0.39 is 52.0 Å². The van der Waals surface area contributed by atoms with Gasteiger partial charge < -0.3 is 30.1 Å². The van der Waals surface area contributed by atoms with Gasteiger partial charge in [0.15, 0.2) is 11.2 Å². The Hall–Kier alpha value is -2.90. The lowest BCUT2D eigenvalue weighted by molar-refractivity contribution is -0.257. The van der Waals surface area contributed by atoms with E-state index in [1.54, 1.807) is 12.1 Å². The van der Waals surface area contributed by atoms with Crippen molar-refractivity contribution in [1.29, 1.82) is 5.26 Å². The standard InChI is InChI=1S/C30H36N4O7S2/c1-19-28(35)29(36)26(41-30(19)37)18-33-43(38,39)25(17-31)16-24-6-7-27(42-24)22-3-2-21-15-23(5-4-20(21)14-22)32-8-9-34-10-12-40-13-11-34/h2-7,14-16,19,26,28-30,32-33,35-37H,8-13,18H2,1H3/b25-16+/t19-,26?,28-,29-,30?/m1/s1. The van der Waals surface area contributed by atoms with Crippen molar-refractivity contribution >= 4 is 43.9 Å². The van der Waals surface area contributed by atoms with E-state index in [-0.39, 0.29) is 0 Å². The molecule has 43 heavy (non-hydrogen) atoms. The lowest BCUT2D eigenvalue weighted by atomic mass is 9.92. The predicted molar refractivity (Wildman–Crippen MR) is 166 cm³/mol. The number of anilines is 1. The van der Waals surface area contributed by atoms with E-state index in [0.717, 1.165) is 66.3 Å². The van der Waals surface area contributed by atoms with E-state index in [1.165, 1.54) is 24.3 Å². The molecule has 2 fully saturated rings. The van der Waals surface area contributed by atoms with Crippen LogP contribution in [0, 0.1) is 17.2 Å². The number of nitriles is 1. The van der Waals surface area contributed by atoms with Gasteiger partial charge in [0, 0.05) is 54.1 Å².